The van der Waals surface area contributed by atoms with Crippen molar-refractivity contribution in [1.29, 1.82) is 0 Å². The lowest BCUT2D eigenvalue weighted by Crippen LogP contribution is -2.42. The second-order valence-electron chi connectivity index (χ2n) is 6.05. The highest BCUT2D eigenvalue weighted by atomic mass is 35.5. The van der Waals surface area contributed by atoms with Crippen LogP contribution in [0.2, 0.25) is 0 Å². The molecule has 2 unspecified atom stereocenters. The summed E-state index contributed by atoms with van der Waals surface area (Å²) in [4.78, 5) is 16.0. The van der Waals surface area contributed by atoms with Crippen LogP contribution in [-0.2, 0) is 4.79 Å². The third kappa shape index (κ3) is 9.53. The number of aliphatic hydroxyl groups is 1. The second kappa shape index (κ2) is 11.5. The minimum atomic E-state index is -0.258. The van der Waals surface area contributed by atoms with E-state index in [1.165, 1.54) is 0 Å². The lowest BCUT2D eigenvalue weighted by atomic mass is 9.96. The Morgan fingerprint density at radius 3 is 2.29 bits per heavy atom. The molecule has 1 fully saturated rings. The number of piperidine rings is 1. The molecule has 1 heterocycles. The molecule has 7 heteroatoms. The van der Waals surface area contributed by atoms with E-state index in [2.05, 4.69) is 4.90 Å². The number of β-amino-alcohol motifs (C(OH)–C–C–N with tert-alkyl or cyclic N) is 1. The van der Waals surface area contributed by atoms with Crippen LogP contribution in [0.3, 0.4) is 0 Å². The van der Waals surface area contributed by atoms with Gasteiger partial charge in [0.05, 0.1) is 6.10 Å². The normalized spacial score (nSPS) is 19.1. The van der Waals surface area contributed by atoms with Crippen LogP contribution in [0.1, 0.15) is 33.1 Å². The minimum Gasteiger partial charge on any atom is -0.392 e. The Bertz CT molecular complexity index is 283. The van der Waals surface area contributed by atoms with Gasteiger partial charge in [-0.25, -0.2) is 0 Å². The van der Waals surface area contributed by atoms with E-state index in [-0.39, 0.29) is 42.9 Å². The number of aliphatic hydroxyl groups excluding tert-OH is 1. The highest BCUT2D eigenvalue weighted by Crippen LogP contribution is 2.18. The minimum absolute atomic E-state index is 0. The van der Waals surface area contributed by atoms with Crippen LogP contribution in [0, 0.1) is 5.92 Å². The number of likely N-dealkylation sites (tertiary alicyclic amines) is 1. The van der Waals surface area contributed by atoms with Crippen LogP contribution >= 0.6 is 24.8 Å². The van der Waals surface area contributed by atoms with Crippen molar-refractivity contribution in [2.24, 2.45) is 11.7 Å². The first kappa shape index (κ1) is 23.2. The molecular weight excluding hydrogens is 313 g/mol. The lowest BCUT2D eigenvalue weighted by molar-refractivity contribution is -0.130. The van der Waals surface area contributed by atoms with E-state index in [1.807, 2.05) is 25.8 Å². The lowest BCUT2D eigenvalue weighted by Gasteiger charge is -2.34. The number of carbonyl (C=O) groups is 1. The number of hydrogen-bond donors (Lipinski definition) is 2. The number of carbonyl (C=O) groups excluding carboxylic acids is 1. The maximum atomic E-state index is 11.8. The van der Waals surface area contributed by atoms with Gasteiger partial charge in [-0.2, -0.15) is 0 Å². The van der Waals surface area contributed by atoms with Crippen LogP contribution in [-0.4, -0.2) is 66.2 Å². The Balaban J connectivity index is 0. The van der Waals surface area contributed by atoms with Gasteiger partial charge in [0.2, 0.25) is 5.91 Å². The molecule has 128 valence electrons. The molecule has 1 rings (SSSR count). The summed E-state index contributed by atoms with van der Waals surface area (Å²) >= 11 is 0. The van der Waals surface area contributed by atoms with Crippen molar-refractivity contribution in [2.75, 3.05) is 33.2 Å². The monoisotopic (exact) mass is 343 g/mol. The number of amides is 1. The largest absolute Gasteiger partial charge is 0.392 e. The zero-order valence-electron chi connectivity index (χ0n) is 13.3. The summed E-state index contributed by atoms with van der Waals surface area (Å²) in [5.74, 6) is 0.716. The maximum Gasteiger partial charge on any atom is 0.223 e. The molecule has 1 saturated heterocycles. The van der Waals surface area contributed by atoms with Gasteiger partial charge in [0.25, 0.3) is 0 Å². The summed E-state index contributed by atoms with van der Waals surface area (Å²) in [6, 6.07) is -0.0668. The number of nitrogens with two attached hydrogens (primary N) is 1. The predicted octanol–water partition coefficient (Wildman–Crippen LogP) is 1.12. The van der Waals surface area contributed by atoms with Gasteiger partial charge in [-0.3, -0.25) is 4.79 Å². The van der Waals surface area contributed by atoms with Gasteiger partial charge < -0.3 is 20.6 Å². The highest BCUT2D eigenvalue weighted by Gasteiger charge is 2.22. The fraction of sp³-hybridized carbons (Fsp3) is 0.929. The molecule has 2 atom stereocenters. The SMILES string of the molecule is CC(N)CC(=O)N(C)CC1CCN(CC(C)O)CC1.Cl.Cl. The predicted molar refractivity (Wildman–Crippen MR) is 91.2 cm³/mol. The first-order valence-electron chi connectivity index (χ1n) is 7.28. The van der Waals surface area contributed by atoms with Crippen LogP contribution in [0.25, 0.3) is 0 Å². The van der Waals surface area contributed by atoms with E-state index in [1.54, 1.807) is 0 Å². The summed E-state index contributed by atoms with van der Waals surface area (Å²) in [5, 5.41) is 9.37. The summed E-state index contributed by atoms with van der Waals surface area (Å²) in [5.41, 5.74) is 5.65. The fourth-order valence-corrected chi connectivity index (χ4v) is 2.65. The average Bonchev–Trinajstić information content (AvgIpc) is 2.30. The molecule has 0 spiro atoms. The molecular formula is C14H31Cl2N3O2. The van der Waals surface area contributed by atoms with Crippen LogP contribution < -0.4 is 5.73 Å². The Morgan fingerprint density at radius 1 is 1.33 bits per heavy atom. The molecule has 0 bridgehead atoms. The number of halogens is 2. The number of hydrogen-bond acceptors (Lipinski definition) is 4. The van der Waals surface area contributed by atoms with E-state index < -0.39 is 0 Å². The van der Waals surface area contributed by atoms with Crippen molar-refractivity contribution in [2.45, 2.75) is 45.3 Å². The molecule has 5 nitrogen and oxygen atoms in total. The third-order valence-electron chi connectivity index (χ3n) is 3.68. The topological polar surface area (TPSA) is 69.8 Å². The van der Waals surface area contributed by atoms with Gasteiger partial charge in [-0.1, -0.05) is 0 Å². The Labute approximate surface area is 141 Å². The zero-order chi connectivity index (χ0) is 14.4. The van der Waals surface area contributed by atoms with Gasteiger partial charge >= 0.3 is 0 Å². The van der Waals surface area contributed by atoms with Gasteiger partial charge in [0.1, 0.15) is 0 Å². The van der Waals surface area contributed by atoms with Crippen molar-refractivity contribution in [3.63, 3.8) is 0 Å². The third-order valence-corrected chi connectivity index (χ3v) is 3.68. The van der Waals surface area contributed by atoms with Crippen LogP contribution in [0.5, 0.6) is 0 Å². The van der Waals surface area contributed by atoms with E-state index in [4.69, 9.17) is 5.73 Å². The highest BCUT2D eigenvalue weighted by molar-refractivity contribution is 5.85. The van der Waals surface area contributed by atoms with E-state index in [0.29, 0.717) is 12.3 Å². The molecule has 0 aromatic carbocycles. The Hall–Kier alpha value is -0.0700. The second-order valence-corrected chi connectivity index (χ2v) is 6.05. The van der Waals surface area contributed by atoms with Crippen LogP contribution in [0.4, 0.5) is 0 Å². The van der Waals surface area contributed by atoms with Crippen molar-refractivity contribution in [3.05, 3.63) is 0 Å². The zero-order valence-corrected chi connectivity index (χ0v) is 15.0. The summed E-state index contributed by atoms with van der Waals surface area (Å²) in [6.07, 6.45) is 2.37. The average molecular weight is 344 g/mol. The van der Waals surface area contributed by atoms with E-state index >= 15 is 0 Å². The fourth-order valence-electron chi connectivity index (χ4n) is 2.65. The summed E-state index contributed by atoms with van der Waals surface area (Å²) in [7, 11) is 1.87. The molecule has 0 aliphatic carbocycles. The standard InChI is InChI=1S/C14H29N3O2.2ClH/c1-11(15)8-14(19)16(3)10-13-4-6-17(7-5-13)9-12(2)18;;/h11-13,18H,4-10,15H2,1-3H3;2*1H. The van der Waals surface area contributed by atoms with E-state index in [9.17, 15) is 9.90 Å². The molecule has 0 saturated carbocycles. The van der Waals surface area contributed by atoms with Gasteiger partial charge in [-0.15, -0.1) is 24.8 Å². The van der Waals surface area contributed by atoms with E-state index in [0.717, 1.165) is 39.0 Å². The number of rotatable bonds is 6. The Kier molecular flexibility index (Phi) is 12.7. The molecule has 0 radical (unpaired) electrons. The molecule has 0 aromatic rings. The Morgan fingerprint density at radius 2 is 1.86 bits per heavy atom. The van der Waals surface area contributed by atoms with Crippen molar-refractivity contribution in [1.82, 2.24) is 9.80 Å². The first-order valence-corrected chi connectivity index (χ1v) is 7.28. The molecule has 1 aliphatic heterocycles. The summed E-state index contributed by atoms with van der Waals surface area (Å²) in [6.45, 7) is 7.31. The first-order chi connectivity index (χ1) is 8.88. The molecule has 21 heavy (non-hydrogen) atoms. The smallest absolute Gasteiger partial charge is 0.223 e. The summed E-state index contributed by atoms with van der Waals surface area (Å²) < 4.78 is 0. The molecule has 0 aromatic heterocycles. The van der Waals surface area contributed by atoms with Gasteiger partial charge in [0, 0.05) is 32.6 Å². The van der Waals surface area contributed by atoms with Crippen molar-refractivity contribution >= 4 is 30.7 Å². The number of nitrogens with zero attached hydrogens (tertiary/aromatic N) is 2. The van der Waals surface area contributed by atoms with Gasteiger partial charge in [-0.05, 0) is 45.7 Å². The maximum absolute atomic E-state index is 11.8. The quantitative estimate of drug-likeness (QED) is 0.758. The van der Waals surface area contributed by atoms with Crippen LogP contribution in [0.15, 0.2) is 0 Å². The molecule has 1 amide bonds. The van der Waals surface area contributed by atoms with Crippen molar-refractivity contribution < 1.29 is 9.90 Å². The molecule has 1 aliphatic rings. The molecule has 3 N–H and O–H groups in total. The van der Waals surface area contributed by atoms with Gasteiger partial charge in [0.15, 0.2) is 0 Å². The van der Waals surface area contributed by atoms with Crippen molar-refractivity contribution in [3.8, 4) is 0 Å².